The molecule has 2 aromatic heterocycles. The molecule has 0 aromatic carbocycles. The minimum absolute atomic E-state index is 0.0553. The molecule has 1 atom stereocenters. The highest BCUT2D eigenvalue weighted by Gasteiger charge is 2.35. The van der Waals surface area contributed by atoms with Crippen LogP contribution >= 0.6 is 0 Å². The molecule has 0 bridgehead atoms. The van der Waals surface area contributed by atoms with Crippen LogP contribution in [0, 0.1) is 12.8 Å². The maximum Gasteiger partial charge on any atom is 0.274 e. The van der Waals surface area contributed by atoms with E-state index in [4.69, 9.17) is 5.73 Å². The first kappa shape index (κ1) is 17.1. The number of amides is 1. The van der Waals surface area contributed by atoms with E-state index in [0.717, 1.165) is 49.8 Å². The Kier molecular flexibility index (Phi) is 4.72. The van der Waals surface area contributed by atoms with Gasteiger partial charge in [-0.25, -0.2) is 4.68 Å². The second kappa shape index (κ2) is 7.15. The second-order valence-electron chi connectivity index (χ2n) is 7.70. The number of aromatic nitrogens is 4. The molecule has 2 aliphatic carbocycles. The predicted molar refractivity (Wildman–Crippen MR) is 97.4 cm³/mol. The van der Waals surface area contributed by atoms with E-state index in [1.807, 2.05) is 23.7 Å². The number of pyridine rings is 1. The van der Waals surface area contributed by atoms with Gasteiger partial charge < -0.3 is 11.1 Å². The average Bonchev–Trinajstić information content (AvgIpc) is 3.36. The van der Waals surface area contributed by atoms with Gasteiger partial charge in [0, 0.05) is 12.2 Å². The first-order valence-electron chi connectivity index (χ1n) is 9.51. The lowest BCUT2D eigenvalue weighted by molar-refractivity contribution is 0.0925. The topological polar surface area (TPSA) is 98.7 Å². The Bertz CT molecular complexity index is 776. The van der Waals surface area contributed by atoms with E-state index < -0.39 is 0 Å². The smallest absolute Gasteiger partial charge is 0.274 e. The molecule has 2 aliphatic rings. The summed E-state index contributed by atoms with van der Waals surface area (Å²) in [4.78, 5) is 17.2. The third kappa shape index (κ3) is 3.77. The molecule has 0 radical (unpaired) electrons. The van der Waals surface area contributed by atoms with Crippen LogP contribution in [-0.4, -0.2) is 31.9 Å². The SMILES string of the molecule is Cc1ccnc([C@H](NC(=O)c2cn(C3CCC(N)CC3)nn2)C2CC2)c1. The average molecular weight is 354 g/mol. The molecular formula is C19H26N6O. The normalized spacial score (nSPS) is 24.2. The zero-order valence-electron chi connectivity index (χ0n) is 15.1. The fraction of sp³-hybridized carbons (Fsp3) is 0.579. The lowest BCUT2D eigenvalue weighted by Crippen LogP contribution is -2.31. The molecule has 0 unspecified atom stereocenters. The highest BCUT2D eigenvalue weighted by atomic mass is 16.2. The van der Waals surface area contributed by atoms with Crippen LogP contribution in [0.1, 0.15) is 72.4 Å². The molecule has 26 heavy (non-hydrogen) atoms. The fourth-order valence-corrected chi connectivity index (χ4v) is 3.73. The molecule has 2 fully saturated rings. The lowest BCUT2D eigenvalue weighted by atomic mass is 9.92. The zero-order chi connectivity index (χ0) is 18.1. The summed E-state index contributed by atoms with van der Waals surface area (Å²) in [7, 11) is 0. The Morgan fingerprint density at radius 2 is 2.04 bits per heavy atom. The Labute approximate surface area is 153 Å². The van der Waals surface area contributed by atoms with Gasteiger partial charge in [0.15, 0.2) is 5.69 Å². The number of nitrogens with one attached hydrogen (secondary N) is 1. The standard InChI is InChI=1S/C19H26N6O/c1-12-8-9-21-16(10-12)18(13-2-3-13)22-19(26)17-11-25(24-23-17)15-6-4-14(20)5-7-15/h8-11,13-15,18H,2-7,20H2,1H3,(H,22,26)/t14?,15?,18-/m1/s1. The van der Waals surface area contributed by atoms with Gasteiger partial charge in [-0.15, -0.1) is 5.10 Å². The third-order valence-electron chi connectivity index (χ3n) is 5.49. The number of nitrogens with two attached hydrogens (primary N) is 1. The van der Waals surface area contributed by atoms with Crippen molar-refractivity contribution >= 4 is 5.91 Å². The maximum atomic E-state index is 12.7. The van der Waals surface area contributed by atoms with E-state index in [1.165, 1.54) is 0 Å². The van der Waals surface area contributed by atoms with Crippen molar-refractivity contribution in [2.24, 2.45) is 11.7 Å². The van der Waals surface area contributed by atoms with Gasteiger partial charge >= 0.3 is 0 Å². The van der Waals surface area contributed by atoms with Crippen molar-refractivity contribution in [3.63, 3.8) is 0 Å². The zero-order valence-corrected chi connectivity index (χ0v) is 15.1. The monoisotopic (exact) mass is 354 g/mol. The van der Waals surface area contributed by atoms with Crippen molar-refractivity contribution in [3.05, 3.63) is 41.5 Å². The van der Waals surface area contributed by atoms with Crippen molar-refractivity contribution in [2.45, 2.75) is 63.6 Å². The predicted octanol–water partition coefficient (Wildman–Crippen LogP) is 2.31. The van der Waals surface area contributed by atoms with Gasteiger partial charge in [-0.3, -0.25) is 9.78 Å². The van der Waals surface area contributed by atoms with Crippen LogP contribution in [0.5, 0.6) is 0 Å². The van der Waals surface area contributed by atoms with E-state index in [0.29, 0.717) is 23.7 Å². The van der Waals surface area contributed by atoms with E-state index in [2.05, 4.69) is 20.6 Å². The minimum atomic E-state index is -0.177. The van der Waals surface area contributed by atoms with Crippen molar-refractivity contribution < 1.29 is 4.79 Å². The molecule has 2 aromatic rings. The first-order chi connectivity index (χ1) is 12.6. The van der Waals surface area contributed by atoms with Crippen LogP contribution in [0.25, 0.3) is 0 Å². The molecular weight excluding hydrogens is 328 g/mol. The summed E-state index contributed by atoms with van der Waals surface area (Å²) in [5, 5.41) is 11.4. The van der Waals surface area contributed by atoms with Crippen LogP contribution in [0.2, 0.25) is 0 Å². The Morgan fingerprint density at radius 3 is 2.73 bits per heavy atom. The third-order valence-corrected chi connectivity index (χ3v) is 5.49. The first-order valence-corrected chi connectivity index (χ1v) is 9.51. The van der Waals surface area contributed by atoms with Gasteiger partial charge in [0.05, 0.1) is 24.0 Å². The molecule has 0 saturated heterocycles. The van der Waals surface area contributed by atoms with E-state index in [-0.39, 0.29) is 11.9 Å². The quantitative estimate of drug-likeness (QED) is 0.858. The summed E-state index contributed by atoms with van der Waals surface area (Å²) in [5.74, 6) is 0.284. The Hall–Kier alpha value is -2.28. The van der Waals surface area contributed by atoms with Crippen LogP contribution in [0.15, 0.2) is 24.5 Å². The fourth-order valence-electron chi connectivity index (χ4n) is 3.73. The van der Waals surface area contributed by atoms with Gasteiger partial charge in [0.2, 0.25) is 0 Å². The highest BCUT2D eigenvalue weighted by molar-refractivity contribution is 5.92. The molecule has 1 amide bonds. The van der Waals surface area contributed by atoms with Crippen molar-refractivity contribution in [3.8, 4) is 0 Å². The molecule has 138 valence electrons. The number of carbonyl (C=O) groups is 1. The summed E-state index contributed by atoms with van der Waals surface area (Å²) in [6.07, 6.45) is 9.78. The number of hydrogen-bond donors (Lipinski definition) is 2. The number of hydrogen-bond acceptors (Lipinski definition) is 5. The van der Waals surface area contributed by atoms with Crippen LogP contribution in [0.4, 0.5) is 0 Å². The Balaban J connectivity index is 1.45. The summed E-state index contributed by atoms with van der Waals surface area (Å²) >= 11 is 0. The highest BCUT2D eigenvalue weighted by Crippen LogP contribution is 2.40. The lowest BCUT2D eigenvalue weighted by Gasteiger charge is -2.25. The number of aryl methyl sites for hydroxylation is 1. The van der Waals surface area contributed by atoms with Gasteiger partial charge in [-0.05, 0) is 69.1 Å². The molecule has 0 spiro atoms. The van der Waals surface area contributed by atoms with E-state index in [9.17, 15) is 4.79 Å². The second-order valence-corrected chi connectivity index (χ2v) is 7.70. The molecule has 3 N–H and O–H groups in total. The number of carbonyl (C=O) groups excluding carboxylic acids is 1. The largest absolute Gasteiger partial charge is 0.342 e. The summed E-state index contributed by atoms with van der Waals surface area (Å²) < 4.78 is 1.83. The van der Waals surface area contributed by atoms with Crippen molar-refractivity contribution in [1.29, 1.82) is 0 Å². The molecule has 0 aliphatic heterocycles. The van der Waals surface area contributed by atoms with E-state index in [1.54, 1.807) is 12.4 Å². The van der Waals surface area contributed by atoms with Crippen molar-refractivity contribution in [2.75, 3.05) is 0 Å². The summed E-state index contributed by atoms with van der Waals surface area (Å²) in [5.41, 5.74) is 8.42. The summed E-state index contributed by atoms with van der Waals surface area (Å²) in [6.45, 7) is 2.04. The van der Waals surface area contributed by atoms with Gasteiger partial charge in [-0.1, -0.05) is 5.21 Å². The summed E-state index contributed by atoms with van der Waals surface area (Å²) in [6, 6.07) is 4.54. The molecule has 2 saturated carbocycles. The van der Waals surface area contributed by atoms with Crippen LogP contribution in [0.3, 0.4) is 0 Å². The van der Waals surface area contributed by atoms with Crippen LogP contribution in [-0.2, 0) is 0 Å². The molecule has 4 rings (SSSR count). The van der Waals surface area contributed by atoms with Crippen molar-refractivity contribution in [1.82, 2.24) is 25.3 Å². The molecule has 7 heteroatoms. The van der Waals surface area contributed by atoms with Crippen LogP contribution < -0.4 is 11.1 Å². The molecule has 2 heterocycles. The number of nitrogens with zero attached hydrogens (tertiary/aromatic N) is 4. The number of rotatable bonds is 5. The van der Waals surface area contributed by atoms with Gasteiger partial charge in [0.25, 0.3) is 5.91 Å². The molecule has 7 nitrogen and oxygen atoms in total. The van der Waals surface area contributed by atoms with Gasteiger partial charge in [-0.2, -0.15) is 0 Å². The van der Waals surface area contributed by atoms with E-state index >= 15 is 0 Å². The van der Waals surface area contributed by atoms with Gasteiger partial charge in [0.1, 0.15) is 0 Å². The minimum Gasteiger partial charge on any atom is -0.342 e. The Morgan fingerprint density at radius 1 is 1.27 bits per heavy atom. The maximum absolute atomic E-state index is 12.7.